The van der Waals surface area contributed by atoms with Crippen LogP contribution >= 0.6 is 0 Å². The van der Waals surface area contributed by atoms with E-state index in [4.69, 9.17) is 5.21 Å². The molecule has 48 valence electrons. The highest BCUT2D eigenvalue weighted by Gasteiger charge is 1.86. The van der Waals surface area contributed by atoms with Crippen LogP contribution in [0.25, 0.3) is 0 Å². The second-order valence-corrected chi connectivity index (χ2v) is 1.37. The van der Waals surface area contributed by atoms with Crippen LogP contribution in [0.15, 0.2) is 23.3 Å². The molecule has 1 aromatic heterocycles. The molecule has 0 atom stereocenters. The molecule has 0 aliphatic heterocycles. The van der Waals surface area contributed by atoms with Crippen LogP contribution in [-0.2, 0) is 0 Å². The standard InChI is InChI=1S/C4H5N3O2/c8-4-5-2-1-3-7(4)6-9/h1-3,6,9H. The summed E-state index contributed by atoms with van der Waals surface area (Å²) in [5, 5.41) is 8.19. The van der Waals surface area contributed by atoms with E-state index in [1.165, 1.54) is 18.5 Å². The second kappa shape index (κ2) is 2.27. The van der Waals surface area contributed by atoms with Gasteiger partial charge in [0.2, 0.25) is 0 Å². The Morgan fingerprint density at radius 3 is 3.00 bits per heavy atom. The Hall–Kier alpha value is -1.36. The minimum atomic E-state index is -0.542. The van der Waals surface area contributed by atoms with E-state index in [9.17, 15) is 4.79 Å². The third-order valence-corrected chi connectivity index (χ3v) is 0.820. The second-order valence-electron chi connectivity index (χ2n) is 1.37. The highest BCUT2D eigenvalue weighted by atomic mass is 16.5. The van der Waals surface area contributed by atoms with Crippen LogP contribution in [0.3, 0.4) is 0 Å². The summed E-state index contributed by atoms with van der Waals surface area (Å²) >= 11 is 0. The third kappa shape index (κ3) is 1.06. The zero-order valence-electron chi connectivity index (χ0n) is 4.48. The van der Waals surface area contributed by atoms with Crippen LogP contribution in [0.1, 0.15) is 0 Å². The van der Waals surface area contributed by atoms with Crippen LogP contribution in [0.5, 0.6) is 0 Å². The molecule has 5 heteroatoms. The minimum absolute atomic E-state index is 0.542. The maximum atomic E-state index is 10.5. The van der Waals surface area contributed by atoms with Gasteiger partial charge in [-0.15, -0.1) is 0 Å². The summed E-state index contributed by atoms with van der Waals surface area (Å²) in [5.74, 6) is 0. The van der Waals surface area contributed by atoms with E-state index < -0.39 is 5.69 Å². The van der Waals surface area contributed by atoms with E-state index in [2.05, 4.69) is 4.98 Å². The van der Waals surface area contributed by atoms with Gasteiger partial charge in [-0.2, -0.15) is 4.68 Å². The molecular formula is C4H5N3O2. The lowest BCUT2D eigenvalue weighted by Crippen LogP contribution is -2.27. The number of rotatable bonds is 1. The minimum Gasteiger partial charge on any atom is -0.275 e. The first-order valence-corrected chi connectivity index (χ1v) is 2.28. The van der Waals surface area contributed by atoms with Crippen LogP contribution < -0.4 is 11.3 Å². The summed E-state index contributed by atoms with van der Waals surface area (Å²) in [7, 11) is 0. The zero-order valence-corrected chi connectivity index (χ0v) is 4.48. The first-order valence-electron chi connectivity index (χ1n) is 2.28. The van der Waals surface area contributed by atoms with Gasteiger partial charge in [0.05, 0.1) is 0 Å². The molecule has 0 unspecified atom stereocenters. The van der Waals surface area contributed by atoms with Crippen LogP contribution in [0, 0.1) is 0 Å². The molecule has 0 aromatic carbocycles. The van der Waals surface area contributed by atoms with Crippen molar-refractivity contribution in [3.63, 3.8) is 0 Å². The number of nitrogens with one attached hydrogen (secondary N) is 1. The fourth-order valence-corrected chi connectivity index (χ4v) is 0.433. The summed E-state index contributed by atoms with van der Waals surface area (Å²) in [4.78, 5) is 13.8. The lowest BCUT2D eigenvalue weighted by atomic mass is 10.7. The molecule has 0 bridgehead atoms. The molecule has 5 nitrogen and oxygen atoms in total. The Kier molecular flexibility index (Phi) is 1.46. The Morgan fingerprint density at radius 1 is 1.78 bits per heavy atom. The fourth-order valence-electron chi connectivity index (χ4n) is 0.433. The van der Waals surface area contributed by atoms with Gasteiger partial charge in [-0.1, -0.05) is 0 Å². The molecule has 0 saturated heterocycles. The van der Waals surface area contributed by atoms with Crippen molar-refractivity contribution in [2.45, 2.75) is 0 Å². The van der Waals surface area contributed by atoms with Gasteiger partial charge in [-0.3, -0.25) is 5.21 Å². The van der Waals surface area contributed by atoms with Crippen molar-refractivity contribution in [1.29, 1.82) is 0 Å². The molecule has 1 heterocycles. The molecule has 0 amide bonds. The molecule has 1 aromatic rings. The molecule has 1 rings (SSSR count). The SMILES string of the molecule is O=c1ncccn1NO. The first kappa shape index (κ1) is 5.77. The lowest BCUT2D eigenvalue weighted by molar-refractivity contribution is 0.311. The van der Waals surface area contributed by atoms with E-state index in [0.717, 1.165) is 4.68 Å². The summed E-state index contributed by atoms with van der Waals surface area (Å²) < 4.78 is 0.847. The molecule has 0 radical (unpaired) electrons. The van der Waals surface area contributed by atoms with Crippen molar-refractivity contribution in [1.82, 2.24) is 9.66 Å². The van der Waals surface area contributed by atoms with Gasteiger partial charge in [0.1, 0.15) is 0 Å². The topological polar surface area (TPSA) is 67.2 Å². The van der Waals surface area contributed by atoms with E-state index in [1.54, 1.807) is 5.59 Å². The van der Waals surface area contributed by atoms with E-state index in [-0.39, 0.29) is 0 Å². The van der Waals surface area contributed by atoms with Crippen molar-refractivity contribution in [2.75, 3.05) is 5.59 Å². The van der Waals surface area contributed by atoms with Gasteiger partial charge < -0.3 is 0 Å². The van der Waals surface area contributed by atoms with E-state index >= 15 is 0 Å². The number of hydrogen-bond donors (Lipinski definition) is 2. The predicted molar refractivity (Wildman–Crippen MR) is 29.6 cm³/mol. The number of nitrogens with zero attached hydrogens (tertiary/aromatic N) is 2. The van der Waals surface area contributed by atoms with Gasteiger partial charge in [-0.05, 0) is 6.07 Å². The van der Waals surface area contributed by atoms with Gasteiger partial charge in [0.25, 0.3) is 0 Å². The quantitative estimate of drug-likeness (QED) is 0.483. The van der Waals surface area contributed by atoms with E-state index in [1.807, 2.05) is 0 Å². The molecule has 0 saturated carbocycles. The van der Waals surface area contributed by atoms with Crippen molar-refractivity contribution in [3.05, 3.63) is 28.9 Å². The van der Waals surface area contributed by atoms with Gasteiger partial charge in [-0.25, -0.2) is 15.4 Å². The van der Waals surface area contributed by atoms with Gasteiger partial charge >= 0.3 is 5.69 Å². The number of aromatic nitrogens is 2. The lowest BCUT2D eigenvalue weighted by Gasteiger charge is -1.96. The Labute approximate surface area is 50.5 Å². The van der Waals surface area contributed by atoms with E-state index in [0.29, 0.717) is 0 Å². The zero-order chi connectivity index (χ0) is 6.69. The normalized spacial score (nSPS) is 9.00. The Bertz CT molecular complexity index is 244. The average molecular weight is 127 g/mol. The first-order chi connectivity index (χ1) is 4.34. The van der Waals surface area contributed by atoms with Crippen molar-refractivity contribution < 1.29 is 5.21 Å². The maximum Gasteiger partial charge on any atom is 0.367 e. The molecular weight excluding hydrogens is 122 g/mol. The highest BCUT2D eigenvalue weighted by Crippen LogP contribution is 1.69. The molecule has 9 heavy (non-hydrogen) atoms. The summed E-state index contributed by atoms with van der Waals surface area (Å²) in [5.41, 5.74) is 1.10. The summed E-state index contributed by atoms with van der Waals surface area (Å²) in [6.45, 7) is 0. The number of hydrogen-bond acceptors (Lipinski definition) is 4. The molecule has 2 N–H and O–H groups in total. The van der Waals surface area contributed by atoms with Gasteiger partial charge in [0, 0.05) is 12.4 Å². The molecule has 0 spiro atoms. The van der Waals surface area contributed by atoms with Gasteiger partial charge in [0.15, 0.2) is 0 Å². The van der Waals surface area contributed by atoms with Crippen molar-refractivity contribution in [3.8, 4) is 0 Å². The Morgan fingerprint density at radius 2 is 2.56 bits per heavy atom. The summed E-state index contributed by atoms with van der Waals surface area (Å²) in [6.07, 6.45) is 2.70. The van der Waals surface area contributed by atoms with Crippen LogP contribution in [0.2, 0.25) is 0 Å². The maximum absolute atomic E-state index is 10.5. The molecule has 0 fully saturated rings. The highest BCUT2D eigenvalue weighted by molar-refractivity contribution is 4.81. The smallest absolute Gasteiger partial charge is 0.275 e. The van der Waals surface area contributed by atoms with Crippen LogP contribution in [-0.4, -0.2) is 14.9 Å². The average Bonchev–Trinajstić information content (AvgIpc) is 1.89. The predicted octanol–water partition coefficient (Wildman–Crippen LogP) is -0.824. The third-order valence-electron chi connectivity index (χ3n) is 0.820. The fraction of sp³-hybridized carbons (Fsp3) is 0. The van der Waals surface area contributed by atoms with Crippen molar-refractivity contribution in [2.24, 2.45) is 0 Å². The molecule has 0 aliphatic carbocycles. The van der Waals surface area contributed by atoms with Crippen LogP contribution in [0.4, 0.5) is 0 Å². The monoisotopic (exact) mass is 127 g/mol. The van der Waals surface area contributed by atoms with Crippen molar-refractivity contribution >= 4 is 0 Å². The molecule has 0 aliphatic rings. The largest absolute Gasteiger partial charge is 0.367 e. The summed E-state index contributed by atoms with van der Waals surface area (Å²) in [6, 6.07) is 1.52. The Balaban J connectivity index is 3.16.